The summed E-state index contributed by atoms with van der Waals surface area (Å²) in [7, 11) is -3.10. The topological polar surface area (TPSA) is 95.5 Å². The number of hydrogen-bond acceptors (Lipinski definition) is 4. The van der Waals surface area contributed by atoms with Crippen LogP contribution in [0.25, 0.3) is 0 Å². The van der Waals surface area contributed by atoms with Gasteiger partial charge in [-0.15, -0.1) is 0 Å². The van der Waals surface area contributed by atoms with E-state index in [1.807, 2.05) is 0 Å². The van der Waals surface area contributed by atoms with E-state index in [4.69, 9.17) is 17.3 Å². The van der Waals surface area contributed by atoms with Gasteiger partial charge in [0.25, 0.3) is 0 Å². The second-order valence-electron chi connectivity index (χ2n) is 4.76. The molecule has 6 nitrogen and oxygen atoms in total. The summed E-state index contributed by atoms with van der Waals surface area (Å²) in [5.41, 5.74) is 0. The normalized spacial score (nSPS) is 32.7. The number of unbranched alkanes of at least 4 members (excludes halogenated alkanes) is 1. The third kappa shape index (κ3) is 2.74. The quantitative estimate of drug-likeness (QED) is 0.470. The summed E-state index contributed by atoms with van der Waals surface area (Å²) >= 11 is 4.98. The van der Waals surface area contributed by atoms with Crippen molar-refractivity contribution >= 4 is 33.1 Å². The number of carbonyl (C=O) groups is 1. The summed E-state index contributed by atoms with van der Waals surface area (Å²) in [5.74, 6) is -0.738. The Morgan fingerprint density at radius 1 is 1.39 bits per heavy atom. The molecule has 0 aromatic rings. The lowest BCUT2D eigenvalue weighted by Crippen LogP contribution is -2.38. The van der Waals surface area contributed by atoms with E-state index in [0.29, 0.717) is 24.4 Å². The molecule has 102 valence electrons. The van der Waals surface area contributed by atoms with Gasteiger partial charge in [-0.2, -0.15) is 0 Å². The summed E-state index contributed by atoms with van der Waals surface area (Å²) in [4.78, 5) is 10.4. The van der Waals surface area contributed by atoms with E-state index in [0.717, 1.165) is 0 Å². The van der Waals surface area contributed by atoms with E-state index in [-0.39, 0.29) is 24.3 Å². The maximum Gasteiger partial charge on any atom is 0.303 e. The van der Waals surface area contributed by atoms with E-state index in [1.54, 1.807) is 0 Å². The number of fused-ring (bicyclic) bond motifs is 1. The molecule has 0 aliphatic carbocycles. The Morgan fingerprint density at radius 3 is 2.78 bits per heavy atom. The molecule has 0 aromatic heterocycles. The fraction of sp³-hybridized carbons (Fsp3) is 0.800. The second-order valence-corrected chi connectivity index (χ2v) is 7.43. The van der Waals surface area contributed by atoms with Crippen LogP contribution in [0.1, 0.15) is 25.7 Å². The van der Waals surface area contributed by atoms with Crippen molar-refractivity contribution in [1.82, 2.24) is 10.6 Å². The highest BCUT2D eigenvalue weighted by molar-refractivity contribution is 7.92. The standard InChI is InChI=1S/C10H16N2O4S2/c13-8(14)4-2-1-3-7-9-6(5-18(7,15)16)11-10(17)12-9/h6-7,9H,1-5H2,(H,13,14)(H2,11,12,17)/t6-,7-,9-/m0/s1. The van der Waals surface area contributed by atoms with Crippen molar-refractivity contribution < 1.29 is 18.3 Å². The number of carboxylic acids is 1. The minimum Gasteiger partial charge on any atom is -0.481 e. The Bertz CT molecular complexity index is 462. The number of thiocarbonyl (C=S) groups is 1. The Labute approximate surface area is 111 Å². The zero-order valence-corrected chi connectivity index (χ0v) is 11.4. The predicted molar refractivity (Wildman–Crippen MR) is 70.1 cm³/mol. The average Bonchev–Trinajstić information content (AvgIpc) is 2.66. The Hall–Kier alpha value is -0.890. The van der Waals surface area contributed by atoms with Crippen LogP contribution in [0.3, 0.4) is 0 Å². The van der Waals surface area contributed by atoms with E-state index in [2.05, 4.69) is 10.6 Å². The molecule has 0 aromatic carbocycles. The zero-order valence-electron chi connectivity index (χ0n) is 9.76. The van der Waals surface area contributed by atoms with Gasteiger partial charge >= 0.3 is 5.97 Å². The maximum absolute atomic E-state index is 12.0. The summed E-state index contributed by atoms with van der Waals surface area (Å²) < 4.78 is 23.9. The number of carboxylic acid groups (broad SMARTS) is 1. The van der Waals surface area contributed by atoms with Crippen LogP contribution in [-0.4, -0.2) is 47.7 Å². The highest BCUT2D eigenvalue weighted by Gasteiger charge is 2.50. The summed E-state index contributed by atoms with van der Waals surface area (Å²) in [6.07, 6.45) is 1.70. The molecule has 2 aliphatic heterocycles. The molecule has 2 aliphatic rings. The molecule has 0 bridgehead atoms. The Balaban J connectivity index is 1.93. The third-order valence-electron chi connectivity index (χ3n) is 3.45. The number of sulfone groups is 1. The van der Waals surface area contributed by atoms with Gasteiger partial charge in [-0.05, 0) is 25.1 Å². The van der Waals surface area contributed by atoms with Crippen LogP contribution < -0.4 is 10.6 Å². The van der Waals surface area contributed by atoms with Crippen LogP contribution in [0.4, 0.5) is 0 Å². The molecule has 0 radical (unpaired) electrons. The van der Waals surface area contributed by atoms with Gasteiger partial charge in [-0.25, -0.2) is 8.42 Å². The minimum absolute atomic E-state index is 0.0882. The SMILES string of the molecule is O=C(O)CCCC[C@H]1[C@H]2NC(=S)N[C@H]2CS1(=O)=O. The first-order valence-electron chi connectivity index (χ1n) is 5.90. The van der Waals surface area contributed by atoms with Gasteiger partial charge in [0.15, 0.2) is 14.9 Å². The van der Waals surface area contributed by atoms with Crippen molar-refractivity contribution in [3.05, 3.63) is 0 Å². The van der Waals surface area contributed by atoms with Crippen LogP contribution in [0.2, 0.25) is 0 Å². The van der Waals surface area contributed by atoms with Gasteiger partial charge in [-0.1, -0.05) is 6.42 Å². The fourth-order valence-electron chi connectivity index (χ4n) is 2.63. The predicted octanol–water partition coefficient (Wildman–Crippen LogP) is -0.357. The summed E-state index contributed by atoms with van der Waals surface area (Å²) in [6.45, 7) is 0. The monoisotopic (exact) mass is 292 g/mol. The molecule has 0 saturated carbocycles. The minimum atomic E-state index is -3.10. The van der Waals surface area contributed by atoms with Crippen LogP contribution >= 0.6 is 12.2 Å². The van der Waals surface area contributed by atoms with Crippen LogP contribution in [0.5, 0.6) is 0 Å². The van der Waals surface area contributed by atoms with Crippen LogP contribution in [0, 0.1) is 0 Å². The van der Waals surface area contributed by atoms with Crippen molar-refractivity contribution in [3.63, 3.8) is 0 Å². The van der Waals surface area contributed by atoms with E-state index < -0.39 is 21.1 Å². The molecule has 3 N–H and O–H groups in total. The van der Waals surface area contributed by atoms with Crippen LogP contribution in [0.15, 0.2) is 0 Å². The molecule has 18 heavy (non-hydrogen) atoms. The molecule has 2 saturated heterocycles. The smallest absolute Gasteiger partial charge is 0.303 e. The maximum atomic E-state index is 12.0. The highest BCUT2D eigenvalue weighted by atomic mass is 32.2. The molecular formula is C10H16N2O4S2. The lowest BCUT2D eigenvalue weighted by Gasteiger charge is -2.16. The number of aliphatic carboxylic acids is 1. The zero-order chi connectivity index (χ0) is 13.3. The van der Waals surface area contributed by atoms with Crippen molar-refractivity contribution in [2.75, 3.05) is 5.75 Å². The summed E-state index contributed by atoms with van der Waals surface area (Å²) in [5, 5.41) is 14.5. The highest BCUT2D eigenvalue weighted by Crippen LogP contribution is 2.28. The lowest BCUT2D eigenvalue weighted by atomic mass is 10.0. The van der Waals surface area contributed by atoms with Gasteiger partial charge in [0.05, 0.1) is 23.1 Å². The van der Waals surface area contributed by atoms with Gasteiger partial charge in [0.1, 0.15) is 0 Å². The van der Waals surface area contributed by atoms with Crippen molar-refractivity contribution in [2.45, 2.75) is 43.0 Å². The molecular weight excluding hydrogens is 276 g/mol. The van der Waals surface area contributed by atoms with E-state index in [9.17, 15) is 13.2 Å². The molecule has 2 fully saturated rings. The molecule has 8 heteroatoms. The lowest BCUT2D eigenvalue weighted by molar-refractivity contribution is -0.137. The Kier molecular flexibility index (Phi) is 3.76. The van der Waals surface area contributed by atoms with Crippen molar-refractivity contribution in [1.29, 1.82) is 0 Å². The molecule has 0 amide bonds. The van der Waals surface area contributed by atoms with E-state index in [1.165, 1.54) is 0 Å². The van der Waals surface area contributed by atoms with Gasteiger partial charge < -0.3 is 15.7 Å². The first kappa shape index (κ1) is 13.5. The van der Waals surface area contributed by atoms with Crippen LogP contribution in [-0.2, 0) is 14.6 Å². The first-order valence-corrected chi connectivity index (χ1v) is 8.03. The Morgan fingerprint density at radius 2 is 2.11 bits per heavy atom. The molecule has 0 spiro atoms. The number of hydrogen-bond donors (Lipinski definition) is 3. The second kappa shape index (κ2) is 5.00. The molecule has 3 atom stereocenters. The van der Waals surface area contributed by atoms with Gasteiger partial charge in [-0.3, -0.25) is 4.79 Å². The van der Waals surface area contributed by atoms with Gasteiger partial charge in [0.2, 0.25) is 0 Å². The summed E-state index contributed by atoms with van der Waals surface area (Å²) in [6, 6.07) is -0.292. The number of rotatable bonds is 5. The molecule has 0 unspecified atom stereocenters. The first-order chi connectivity index (χ1) is 8.40. The van der Waals surface area contributed by atoms with Gasteiger partial charge in [0, 0.05) is 6.42 Å². The third-order valence-corrected chi connectivity index (χ3v) is 5.96. The van der Waals surface area contributed by atoms with E-state index >= 15 is 0 Å². The van der Waals surface area contributed by atoms with Crippen molar-refractivity contribution in [2.24, 2.45) is 0 Å². The largest absolute Gasteiger partial charge is 0.481 e. The fourth-order valence-corrected chi connectivity index (χ4v) is 5.18. The number of nitrogens with one attached hydrogen (secondary N) is 2. The average molecular weight is 292 g/mol. The van der Waals surface area contributed by atoms with Crippen molar-refractivity contribution in [3.8, 4) is 0 Å². The molecule has 2 heterocycles. The molecule has 2 rings (SSSR count).